The first-order chi connectivity index (χ1) is 5.00. The van der Waals surface area contributed by atoms with Gasteiger partial charge in [0.25, 0.3) is 0 Å². The summed E-state index contributed by atoms with van der Waals surface area (Å²) in [4.78, 5) is 0. The zero-order valence-electron chi connectivity index (χ0n) is 6.55. The Kier molecular flexibility index (Phi) is 4.00. The van der Waals surface area contributed by atoms with Crippen LogP contribution in [0, 0.1) is 0 Å². The van der Waals surface area contributed by atoms with Gasteiger partial charge in [0.2, 0.25) is 0 Å². The first-order valence-corrected chi connectivity index (χ1v) is 4.30. The molecule has 0 fully saturated rings. The second-order valence-corrected chi connectivity index (χ2v) is 2.80. The van der Waals surface area contributed by atoms with Crippen molar-refractivity contribution < 1.29 is 0 Å². The van der Waals surface area contributed by atoms with Crippen molar-refractivity contribution in [2.24, 2.45) is 0 Å². The van der Waals surface area contributed by atoms with Gasteiger partial charge in [-0.1, -0.05) is 24.3 Å². The van der Waals surface area contributed by atoms with Gasteiger partial charge in [-0.25, -0.2) is 0 Å². The average molecular weight is 136 g/mol. The Morgan fingerprint density at radius 3 is 1.10 bits per heavy atom. The van der Waals surface area contributed by atoms with E-state index in [0.29, 0.717) is 0 Å². The van der Waals surface area contributed by atoms with E-state index in [-0.39, 0.29) is 0 Å². The van der Waals surface area contributed by atoms with Gasteiger partial charge in [-0.3, -0.25) is 0 Å². The minimum absolute atomic E-state index is 1.27. The third-order valence-corrected chi connectivity index (χ3v) is 1.82. The van der Waals surface area contributed by atoms with Crippen molar-refractivity contribution in [2.75, 3.05) is 0 Å². The normalized spacial score (nSPS) is 27.2. The van der Waals surface area contributed by atoms with Crippen LogP contribution in [-0.2, 0) is 0 Å². The molecule has 56 valence electrons. The van der Waals surface area contributed by atoms with Gasteiger partial charge in [0.05, 0.1) is 0 Å². The molecule has 0 aromatic rings. The molecule has 0 aliphatic heterocycles. The predicted molar refractivity (Wildman–Crippen MR) is 46.0 cm³/mol. The maximum absolute atomic E-state index is 2.32. The van der Waals surface area contributed by atoms with Gasteiger partial charge in [-0.2, -0.15) is 0 Å². The van der Waals surface area contributed by atoms with Crippen LogP contribution in [0.5, 0.6) is 0 Å². The lowest BCUT2D eigenvalue weighted by Crippen LogP contribution is -1.75. The summed E-state index contributed by atoms with van der Waals surface area (Å²) in [7, 11) is 0. The van der Waals surface area contributed by atoms with E-state index in [9.17, 15) is 0 Å². The van der Waals surface area contributed by atoms with E-state index >= 15 is 0 Å². The quantitative estimate of drug-likeness (QED) is 0.447. The highest BCUT2D eigenvalue weighted by Crippen LogP contribution is 2.05. The maximum atomic E-state index is 2.32. The molecule has 0 heteroatoms. The van der Waals surface area contributed by atoms with Gasteiger partial charge in [-0.05, 0) is 38.5 Å². The largest absolute Gasteiger partial charge is 0.0885 e. The third-order valence-electron chi connectivity index (χ3n) is 1.82. The fourth-order valence-corrected chi connectivity index (χ4v) is 1.18. The SMILES string of the molecule is C1=C\CCC/C=C/CCC/1. The highest BCUT2D eigenvalue weighted by atomic mass is 13.9. The summed E-state index contributed by atoms with van der Waals surface area (Å²) in [6.07, 6.45) is 17.0. The van der Waals surface area contributed by atoms with Gasteiger partial charge in [-0.15, -0.1) is 0 Å². The molecular weight excluding hydrogens is 120 g/mol. The van der Waals surface area contributed by atoms with E-state index in [4.69, 9.17) is 0 Å². The van der Waals surface area contributed by atoms with Crippen LogP contribution in [0.1, 0.15) is 38.5 Å². The third kappa shape index (κ3) is 3.49. The van der Waals surface area contributed by atoms with Gasteiger partial charge >= 0.3 is 0 Å². The number of allylic oxidation sites excluding steroid dienone is 4. The maximum Gasteiger partial charge on any atom is -0.0348 e. The summed E-state index contributed by atoms with van der Waals surface area (Å²) < 4.78 is 0. The topological polar surface area (TPSA) is 0 Å². The molecule has 0 unspecified atom stereocenters. The summed E-state index contributed by atoms with van der Waals surface area (Å²) in [6.45, 7) is 0. The Labute approximate surface area is 63.6 Å². The molecule has 1 rings (SSSR count). The second-order valence-electron chi connectivity index (χ2n) is 2.80. The standard InChI is InChI=1S/C10H16/c1-2-4-6-8-10-9-7-5-3-1/h1-2,9-10H,3-8H2/b2-1-,10-9+. The average Bonchev–Trinajstić information content (AvgIpc) is 2.01. The highest BCUT2D eigenvalue weighted by molar-refractivity contribution is 4.88. The van der Waals surface area contributed by atoms with Gasteiger partial charge in [0.1, 0.15) is 0 Å². The van der Waals surface area contributed by atoms with E-state index in [1.807, 2.05) is 0 Å². The smallest absolute Gasteiger partial charge is 0.0348 e. The molecule has 0 spiro atoms. The van der Waals surface area contributed by atoms with Crippen LogP contribution in [0.3, 0.4) is 0 Å². The monoisotopic (exact) mass is 136 g/mol. The van der Waals surface area contributed by atoms with Crippen LogP contribution in [0.25, 0.3) is 0 Å². The Hall–Kier alpha value is -0.520. The fraction of sp³-hybridized carbons (Fsp3) is 0.600. The minimum Gasteiger partial charge on any atom is -0.0885 e. The molecule has 0 saturated carbocycles. The highest BCUT2D eigenvalue weighted by Gasteiger charge is 1.85. The zero-order chi connectivity index (χ0) is 7.07. The number of hydrogen-bond acceptors (Lipinski definition) is 0. The van der Waals surface area contributed by atoms with Crippen molar-refractivity contribution in [3.63, 3.8) is 0 Å². The Bertz CT molecular complexity index is 92.0. The van der Waals surface area contributed by atoms with Crippen LogP contribution < -0.4 is 0 Å². The molecule has 0 aromatic carbocycles. The lowest BCUT2D eigenvalue weighted by molar-refractivity contribution is 0.816. The van der Waals surface area contributed by atoms with E-state index < -0.39 is 0 Å². The van der Waals surface area contributed by atoms with E-state index in [1.54, 1.807) is 0 Å². The van der Waals surface area contributed by atoms with E-state index in [0.717, 1.165) is 0 Å². The summed E-state index contributed by atoms with van der Waals surface area (Å²) >= 11 is 0. The molecule has 0 radical (unpaired) electrons. The first kappa shape index (κ1) is 7.59. The molecule has 1 aliphatic carbocycles. The van der Waals surface area contributed by atoms with Crippen molar-refractivity contribution in [3.05, 3.63) is 24.3 Å². The molecule has 0 heterocycles. The van der Waals surface area contributed by atoms with Gasteiger partial charge in [0.15, 0.2) is 0 Å². The molecule has 0 aromatic heterocycles. The summed E-state index contributed by atoms with van der Waals surface area (Å²) in [5.74, 6) is 0. The zero-order valence-corrected chi connectivity index (χ0v) is 6.55. The van der Waals surface area contributed by atoms with Crippen LogP contribution in [0.2, 0.25) is 0 Å². The Morgan fingerprint density at radius 1 is 0.500 bits per heavy atom. The lowest BCUT2D eigenvalue weighted by Gasteiger charge is -1.95. The van der Waals surface area contributed by atoms with Crippen LogP contribution >= 0.6 is 0 Å². The molecule has 10 heavy (non-hydrogen) atoms. The van der Waals surface area contributed by atoms with Gasteiger partial charge < -0.3 is 0 Å². The van der Waals surface area contributed by atoms with Crippen LogP contribution in [-0.4, -0.2) is 0 Å². The van der Waals surface area contributed by atoms with E-state index in [2.05, 4.69) is 24.3 Å². The van der Waals surface area contributed by atoms with E-state index in [1.165, 1.54) is 38.5 Å². The summed E-state index contributed by atoms with van der Waals surface area (Å²) in [5.41, 5.74) is 0. The van der Waals surface area contributed by atoms with Crippen molar-refractivity contribution in [2.45, 2.75) is 38.5 Å². The molecule has 0 amide bonds. The molecule has 0 saturated heterocycles. The molecular formula is C10H16. The van der Waals surface area contributed by atoms with Crippen molar-refractivity contribution in [1.82, 2.24) is 0 Å². The molecule has 0 atom stereocenters. The fourth-order valence-electron chi connectivity index (χ4n) is 1.18. The Morgan fingerprint density at radius 2 is 0.800 bits per heavy atom. The number of rotatable bonds is 0. The van der Waals surface area contributed by atoms with Crippen molar-refractivity contribution in [3.8, 4) is 0 Å². The molecule has 0 nitrogen and oxygen atoms in total. The molecule has 1 aliphatic rings. The second kappa shape index (κ2) is 5.28. The van der Waals surface area contributed by atoms with Crippen molar-refractivity contribution >= 4 is 0 Å². The van der Waals surface area contributed by atoms with Crippen LogP contribution in [0.4, 0.5) is 0 Å². The van der Waals surface area contributed by atoms with Crippen LogP contribution in [0.15, 0.2) is 24.3 Å². The van der Waals surface area contributed by atoms with Crippen molar-refractivity contribution in [1.29, 1.82) is 0 Å². The van der Waals surface area contributed by atoms with Gasteiger partial charge in [0, 0.05) is 0 Å². The first-order valence-electron chi connectivity index (χ1n) is 4.30. The molecule has 0 N–H and O–H groups in total. The summed E-state index contributed by atoms with van der Waals surface area (Å²) in [5, 5.41) is 0. The molecule has 0 bridgehead atoms. The Balaban J connectivity index is 2.22. The lowest BCUT2D eigenvalue weighted by atomic mass is 10.1. The predicted octanol–water partition coefficient (Wildman–Crippen LogP) is 3.45. The minimum atomic E-state index is 1.27. The summed E-state index contributed by atoms with van der Waals surface area (Å²) in [6, 6.07) is 0. The number of hydrogen-bond donors (Lipinski definition) is 0.